The van der Waals surface area contributed by atoms with Crippen LogP contribution < -0.4 is 21.9 Å². The Morgan fingerprint density at radius 3 is 2.45 bits per heavy atom. The van der Waals surface area contributed by atoms with Crippen LogP contribution in [0.1, 0.15) is 12.8 Å². The zero-order chi connectivity index (χ0) is 22.8. The van der Waals surface area contributed by atoms with Gasteiger partial charge in [0.05, 0.1) is 6.33 Å². The molecule has 15 heteroatoms. The topological polar surface area (TPSA) is 207 Å². The van der Waals surface area contributed by atoms with Crippen molar-refractivity contribution in [1.82, 2.24) is 29.7 Å². The normalized spacial score (nSPS) is 11.0. The van der Waals surface area contributed by atoms with Crippen molar-refractivity contribution in [3.05, 3.63) is 27.2 Å². The van der Waals surface area contributed by atoms with E-state index in [4.69, 9.17) is 9.84 Å². The fourth-order valence-corrected chi connectivity index (χ4v) is 3.94. The molecule has 2 rings (SSSR count). The van der Waals surface area contributed by atoms with Crippen molar-refractivity contribution in [2.24, 2.45) is 14.1 Å². The molecule has 0 saturated carbocycles. The number of hydrogen-bond acceptors (Lipinski definition) is 8. The summed E-state index contributed by atoms with van der Waals surface area (Å²) in [5.41, 5.74) is 0.0119. The number of urea groups is 1. The maximum Gasteiger partial charge on any atom is 0.332 e. The first-order chi connectivity index (χ1) is 14.1. The van der Waals surface area contributed by atoms with Crippen molar-refractivity contribution in [2.75, 3.05) is 13.7 Å². The van der Waals surface area contributed by atoms with Crippen LogP contribution in [-0.2, 0) is 54.5 Å². The number of nitrogens with one attached hydrogen (secondary N) is 3. The van der Waals surface area contributed by atoms with Gasteiger partial charge >= 0.3 is 121 Å². The summed E-state index contributed by atoms with van der Waals surface area (Å²) < 4.78 is 8.38. The summed E-state index contributed by atoms with van der Waals surface area (Å²) in [6.45, 7) is 0.345. The number of amides is 3. The third-order valence-electron chi connectivity index (χ3n) is 3.99. The zero-order valence-electron chi connectivity index (χ0n) is 17.4. The second-order valence-electron chi connectivity index (χ2n) is 6.11. The molecule has 0 spiro atoms. The summed E-state index contributed by atoms with van der Waals surface area (Å²) >= 11 is 0.581. The molecule has 2 aromatic heterocycles. The van der Waals surface area contributed by atoms with Gasteiger partial charge in [0.15, 0.2) is 5.65 Å². The van der Waals surface area contributed by atoms with Gasteiger partial charge in [-0.3, -0.25) is 13.9 Å². The number of nitrogens with zero attached hydrogens (tertiary/aromatic N) is 3. The number of imidazole rings is 1. The molecule has 5 N–H and O–H groups in total. The van der Waals surface area contributed by atoms with Crippen molar-refractivity contribution in [3.8, 4) is 0 Å². The Morgan fingerprint density at radius 1 is 1.26 bits per heavy atom. The van der Waals surface area contributed by atoms with Gasteiger partial charge in [-0.2, -0.15) is 0 Å². The van der Waals surface area contributed by atoms with E-state index in [1.807, 2.05) is 5.32 Å². The predicted octanol–water partition coefficient (Wildman–Crippen LogP) is -1.56. The van der Waals surface area contributed by atoms with Crippen LogP contribution in [-0.4, -0.2) is 67.4 Å². The molecule has 3 amide bonds. The first kappa shape index (κ1) is 28.4. The number of methoxy groups -OCH3 is 1. The Hall–Kier alpha value is -2.58. The van der Waals surface area contributed by atoms with Crippen molar-refractivity contribution in [2.45, 2.75) is 22.9 Å². The molecular weight excluding hydrogens is 605 g/mol. The number of aromatic nitrogens is 4. The molecule has 2 aromatic rings. The van der Waals surface area contributed by atoms with Crippen LogP contribution in [0.5, 0.6) is 0 Å². The van der Waals surface area contributed by atoms with Crippen molar-refractivity contribution in [3.63, 3.8) is 0 Å². The zero-order valence-corrected chi connectivity index (χ0v) is 22.9. The molecule has 168 valence electrons. The van der Waals surface area contributed by atoms with Gasteiger partial charge in [-0.05, 0) is 0 Å². The van der Waals surface area contributed by atoms with Crippen molar-refractivity contribution < 1.29 is 55.8 Å². The Balaban J connectivity index is 0.000000576. The van der Waals surface area contributed by atoms with E-state index in [2.05, 4.69) is 15.3 Å². The first-order valence-electron chi connectivity index (χ1n) is 8.82. The fourth-order valence-electron chi connectivity index (χ4n) is 2.23. The molecule has 2 heterocycles. The summed E-state index contributed by atoms with van der Waals surface area (Å²) in [7, 11) is 4.57. The molecule has 0 fully saturated rings. The van der Waals surface area contributed by atoms with E-state index in [9.17, 15) is 24.0 Å². The average Bonchev–Trinajstić information content (AvgIpc) is 3.20. The van der Waals surface area contributed by atoms with Crippen molar-refractivity contribution >= 4 is 29.1 Å². The summed E-state index contributed by atoms with van der Waals surface area (Å²) in [4.78, 5) is 61.9. The molecule has 0 bridgehead atoms. The Bertz CT molecular complexity index is 1010. The van der Waals surface area contributed by atoms with Gasteiger partial charge in [-0.15, -0.1) is 0 Å². The second kappa shape index (κ2) is 13.7. The maximum absolute atomic E-state index is 11.4. The van der Waals surface area contributed by atoms with E-state index in [0.29, 0.717) is 43.8 Å². The number of carboxylic acids is 1. The Kier molecular flexibility index (Phi) is 12.5. The molecule has 0 aromatic carbocycles. The molecule has 0 radical (unpaired) electrons. The molecule has 1 atom stereocenters. The molecule has 0 aliphatic rings. The quantitative estimate of drug-likeness (QED) is 0.261. The van der Waals surface area contributed by atoms with Crippen LogP contribution >= 0.6 is 0 Å². The van der Waals surface area contributed by atoms with Crippen LogP contribution in [0.15, 0.2) is 15.9 Å². The number of carbonyl (C=O) groups is 3. The van der Waals surface area contributed by atoms with Gasteiger partial charge in [0.2, 0.25) is 0 Å². The number of aliphatic carboxylic acids is 1. The molecule has 31 heavy (non-hydrogen) atoms. The number of carbonyl (C=O) groups excluding carboxylic acids is 2. The van der Waals surface area contributed by atoms with E-state index in [1.54, 1.807) is 14.2 Å². The van der Waals surface area contributed by atoms with Crippen LogP contribution in [0, 0.1) is 0 Å². The number of H-pyrrole nitrogens is 1. The maximum atomic E-state index is 11.4. The number of rotatable bonds is 7. The number of ether oxygens (including phenoxy) is 1. The molecule has 0 aliphatic carbocycles. The van der Waals surface area contributed by atoms with Crippen molar-refractivity contribution in [1.29, 1.82) is 0 Å². The SMILES string of the molecule is COC([CH2][Hg+])CNC(=O)NC(=O)CCC(=O)O.Cn1c(=O)c2[nH]cnc2n(C)c1=O.[OH-]. The molecule has 1 unspecified atom stereocenters. The number of fused-ring (bicyclic) bond motifs is 1. The third kappa shape index (κ3) is 8.59. The standard InChI is InChI=1S/C9H15N2O5.C7H8N4O2.Hg.H2O/c1-6(16-2)5-10-9(15)11-7(12)3-4-8(13)14;1-10-5-4(8-3-9-5)6(12)11(2)7(10)13;;/h6H,1,3-5H2,2H3,(H,13,14)(H2,10,11,12,15);3H,1-2H3,(H,8,9);;1H2/q;;+1;/p-1. The Morgan fingerprint density at radius 2 is 1.90 bits per heavy atom. The molecule has 0 aliphatic heterocycles. The van der Waals surface area contributed by atoms with Crippen LogP contribution in [0.4, 0.5) is 4.79 Å². The summed E-state index contributed by atoms with van der Waals surface area (Å²) in [5.74, 6) is -1.67. The van der Waals surface area contributed by atoms with Gasteiger partial charge in [-0.1, -0.05) is 0 Å². The Labute approximate surface area is 192 Å². The van der Waals surface area contributed by atoms with Gasteiger partial charge in [-0.25, -0.2) is 9.78 Å². The molecule has 0 saturated heterocycles. The minimum Gasteiger partial charge on any atom is -0.870 e. The molecule has 14 nitrogen and oxygen atoms in total. The van der Waals surface area contributed by atoms with E-state index in [-0.39, 0.29) is 35.7 Å². The number of hydrogen-bond donors (Lipinski definition) is 4. The van der Waals surface area contributed by atoms with E-state index < -0.39 is 17.9 Å². The number of aryl methyl sites for hydroxylation is 1. The largest absolute Gasteiger partial charge is 0.870 e. The number of carboxylic acid groups (broad SMARTS) is 1. The summed E-state index contributed by atoms with van der Waals surface area (Å²) in [5, 5.41) is 12.9. The smallest absolute Gasteiger partial charge is 0.332 e. The number of aromatic amines is 1. The minimum absolute atomic E-state index is 0. The third-order valence-corrected chi connectivity index (χ3v) is 6.50. The second-order valence-corrected chi connectivity index (χ2v) is 8.35. The van der Waals surface area contributed by atoms with Gasteiger partial charge in [0.1, 0.15) is 5.52 Å². The van der Waals surface area contributed by atoms with Crippen LogP contribution in [0.2, 0.25) is 3.93 Å². The minimum atomic E-state index is -1.07. The summed E-state index contributed by atoms with van der Waals surface area (Å²) in [6, 6.07) is -0.621. The predicted molar refractivity (Wildman–Crippen MR) is 103 cm³/mol. The first-order valence-corrected chi connectivity index (χ1v) is 12.7. The van der Waals surface area contributed by atoms with E-state index in [1.165, 1.54) is 17.9 Å². The number of imide groups is 1. The summed E-state index contributed by atoms with van der Waals surface area (Å²) in [6.07, 6.45) is 0.881. The van der Waals surface area contributed by atoms with Gasteiger partial charge in [0.25, 0.3) is 5.56 Å². The van der Waals surface area contributed by atoms with Gasteiger partial charge < -0.3 is 10.5 Å². The van der Waals surface area contributed by atoms with E-state index in [0.717, 1.165) is 8.50 Å². The average molecular weight is 629 g/mol. The van der Waals surface area contributed by atoms with Gasteiger partial charge in [0, 0.05) is 14.1 Å². The van der Waals surface area contributed by atoms with Crippen LogP contribution in [0.25, 0.3) is 11.2 Å². The van der Waals surface area contributed by atoms with E-state index >= 15 is 0 Å². The fraction of sp³-hybridized carbons (Fsp3) is 0.500. The monoisotopic (exact) mass is 630 g/mol. The van der Waals surface area contributed by atoms with Crippen LogP contribution in [0.3, 0.4) is 0 Å². The molecular formula is C16H24HgN6O8.